The first-order valence-corrected chi connectivity index (χ1v) is 19.8. The molecule has 0 aromatic heterocycles. The third-order valence-electron chi connectivity index (χ3n) is 9.82. The first-order valence-electron chi connectivity index (χ1n) is 18.0. The first-order chi connectivity index (χ1) is 25.0. The van der Waals surface area contributed by atoms with E-state index in [-0.39, 0.29) is 23.4 Å². The molecule has 1 amide bonds. The minimum absolute atomic E-state index is 0.0145. The van der Waals surface area contributed by atoms with Gasteiger partial charge in [-0.05, 0) is 96.6 Å². The molecule has 1 aliphatic rings. The Morgan fingerprint density at radius 1 is 0.788 bits per heavy atom. The van der Waals surface area contributed by atoms with Crippen LogP contribution in [0.2, 0.25) is 0 Å². The van der Waals surface area contributed by atoms with E-state index in [1.807, 2.05) is 73.8 Å². The van der Waals surface area contributed by atoms with Crippen molar-refractivity contribution in [1.82, 2.24) is 15.5 Å². The van der Waals surface area contributed by atoms with E-state index < -0.39 is 13.1 Å². The number of likely N-dealkylation sites (N-methyl/N-ethyl adjacent to an activating group) is 1. The molecule has 2 N–H and O–H groups in total. The van der Waals surface area contributed by atoms with Gasteiger partial charge in [-0.2, -0.15) is 0 Å². The summed E-state index contributed by atoms with van der Waals surface area (Å²) in [4.78, 5) is 15.7. The fraction of sp³-hybridized carbons (Fsp3) is 0.372. The van der Waals surface area contributed by atoms with Gasteiger partial charge in [0.25, 0.3) is 0 Å². The lowest BCUT2D eigenvalue weighted by molar-refractivity contribution is -0.135. The summed E-state index contributed by atoms with van der Waals surface area (Å²) in [5, 5.41) is 10.6. The number of nitrogens with zero attached hydrogens (tertiary/aromatic N) is 2. The monoisotopic (exact) mass is 722 g/mol. The molecule has 0 radical (unpaired) electrons. The smallest absolute Gasteiger partial charge is 0.245 e. The number of methoxy groups -OCH3 is 3. The predicted molar refractivity (Wildman–Crippen MR) is 215 cm³/mol. The summed E-state index contributed by atoms with van der Waals surface area (Å²) in [5.41, 5.74) is 0.729. The lowest BCUT2D eigenvalue weighted by Gasteiger charge is -2.38. The molecular weight excluding hydrogens is 667 g/mol. The molecule has 1 saturated carbocycles. The molecule has 4 aromatic carbocycles. The van der Waals surface area contributed by atoms with E-state index in [0.717, 1.165) is 64.4 Å². The summed E-state index contributed by atoms with van der Waals surface area (Å²) in [6.07, 6.45) is 4.02. The molecule has 1 aliphatic carbocycles. The van der Waals surface area contributed by atoms with Crippen molar-refractivity contribution in [1.29, 1.82) is 0 Å². The van der Waals surface area contributed by atoms with E-state index in [9.17, 15) is 4.79 Å². The van der Waals surface area contributed by atoms with Crippen molar-refractivity contribution in [2.75, 3.05) is 28.4 Å². The van der Waals surface area contributed by atoms with Gasteiger partial charge in [0.1, 0.15) is 23.3 Å². The van der Waals surface area contributed by atoms with Gasteiger partial charge in [0.2, 0.25) is 5.91 Å². The van der Waals surface area contributed by atoms with Crippen LogP contribution in [-0.2, 0) is 11.3 Å². The highest BCUT2D eigenvalue weighted by Gasteiger charge is 2.36. The average Bonchev–Trinajstić information content (AvgIpc) is 3.16. The Balaban J connectivity index is 1.53. The van der Waals surface area contributed by atoms with E-state index in [4.69, 9.17) is 19.0 Å². The van der Waals surface area contributed by atoms with Crippen LogP contribution in [0, 0.1) is 5.41 Å². The fourth-order valence-corrected chi connectivity index (χ4v) is 10.7. The Hall–Kier alpha value is -4.68. The number of benzene rings is 4. The van der Waals surface area contributed by atoms with Crippen molar-refractivity contribution in [3.05, 3.63) is 121 Å². The van der Waals surface area contributed by atoms with E-state index in [1.165, 1.54) is 0 Å². The molecule has 0 heterocycles. The second kappa shape index (κ2) is 17.2. The maximum absolute atomic E-state index is 13.9. The highest BCUT2D eigenvalue weighted by atomic mass is 31.2. The zero-order chi connectivity index (χ0) is 37.3. The number of carbonyl (C=O) groups excluding carboxylic acids is 1. The van der Waals surface area contributed by atoms with Crippen molar-refractivity contribution < 1.29 is 19.0 Å². The Labute approximate surface area is 310 Å². The SMILES string of the molecule is C=C(N[C@@H]1CCCC[C@H]1N=P(c1ccc(OC)cc1)(c1ccc(OC)cc1)c1ccc(OC)cc1)N[C@@H](C(=O)N(C)Cc1ccccc1)C(C)(C)C. The largest absolute Gasteiger partial charge is 0.497 e. The van der Waals surface area contributed by atoms with Crippen LogP contribution in [0.3, 0.4) is 0 Å². The molecule has 5 rings (SSSR count). The van der Waals surface area contributed by atoms with Gasteiger partial charge in [-0.25, -0.2) is 0 Å². The highest BCUT2D eigenvalue weighted by molar-refractivity contribution is 7.87. The summed E-state index contributed by atoms with van der Waals surface area (Å²) < 4.78 is 22.7. The van der Waals surface area contributed by atoms with Gasteiger partial charge in [-0.15, -0.1) is 0 Å². The Bertz CT molecular complexity index is 1700. The fourth-order valence-electron chi connectivity index (χ4n) is 6.93. The number of nitrogens with one attached hydrogen (secondary N) is 2. The molecule has 0 aliphatic heterocycles. The molecule has 3 atom stereocenters. The molecular formula is C43H55N4O4P. The molecule has 0 spiro atoms. The van der Waals surface area contributed by atoms with E-state index >= 15 is 0 Å². The lowest BCUT2D eigenvalue weighted by atomic mass is 9.85. The standard InChI is InChI=1S/C43H55N4O4P/c1-31(45-41(43(2,3)4)42(48)47(5)30-32-14-10-9-11-15-32)44-39-16-12-13-17-40(39)46-52(36-24-18-33(49-6)19-25-36,37-26-20-34(50-7)21-27-37)38-28-22-35(51-8)23-29-38/h9-11,14-15,18-29,39-41,44-45H,1,12-13,16-17,30H2,2-8H3/t39-,40-,41+/m1/s1. The maximum atomic E-state index is 13.9. The summed E-state index contributed by atoms with van der Waals surface area (Å²) >= 11 is 0. The molecule has 0 saturated heterocycles. The summed E-state index contributed by atoms with van der Waals surface area (Å²) in [5.74, 6) is 3.04. The molecule has 1 fully saturated rings. The van der Waals surface area contributed by atoms with Crippen molar-refractivity contribution in [3.8, 4) is 17.2 Å². The second-order valence-corrected chi connectivity index (χ2v) is 17.6. The van der Waals surface area contributed by atoms with Crippen LogP contribution >= 0.6 is 7.05 Å². The number of hydrogen-bond acceptors (Lipinski definition) is 7. The van der Waals surface area contributed by atoms with Gasteiger partial charge in [0.15, 0.2) is 0 Å². The quantitative estimate of drug-likeness (QED) is 0.134. The molecule has 8 nitrogen and oxygen atoms in total. The third-order valence-corrected chi connectivity index (χ3v) is 13.6. The molecule has 52 heavy (non-hydrogen) atoms. The highest BCUT2D eigenvalue weighted by Crippen LogP contribution is 2.49. The van der Waals surface area contributed by atoms with Crippen LogP contribution in [0.1, 0.15) is 52.0 Å². The molecule has 9 heteroatoms. The number of amides is 1. The van der Waals surface area contributed by atoms with Gasteiger partial charge < -0.3 is 29.7 Å². The van der Waals surface area contributed by atoms with Gasteiger partial charge in [-0.3, -0.25) is 9.54 Å². The van der Waals surface area contributed by atoms with Crippen molar-refractivity contribution in [2.45, 2.75) is 71.1 Å². The third kappa shape index (κ3) is 9.02. The lowest BCUT2D eigenvalue weighted by Crippen LogP contribution is -2.54. The van der Waals surface area contributed by atoms with Crippen LogP contribution in [0.25, 0.3) is 0 Å². The number of rotatable bonds is 14. The van der Waals surface area contributed by atoms with E-state index in [1.54, 1.807) is 26.2 Å². The van der Waals surface area contributed by atoms with Crippen LogP contribution in [0.15, 0.2) is 120 Å². The maximum Gasteiger partial charge on any atom is 0.245 e. The molecule has 0 bridgehead atoms. The van der Waals surface area contributed by atoms with Crippen LogP contribution in [0.5, 0.6) is 17.2 Å². The Kier molecular flexibility index (Phi) is 12.8. The average molecular weight is 723 g/mol. The minimum Gasteiger partial charge on any atom is -0.497 e. The minimum atomic E-state index is -2.60. The predicted octanol–water partition coefficient (Wildman–Crippen LogP) is 7.22. The molecule has 276 valence electrons. The summed E-state index contributed by atoms with van der Waals surface area (Å²) in [7, 11) is 4.32. The topological polar surface area (TPSA) is 84.4 Å². The number of ether oxygens (including phenoxy) is 3. The molecule has 0 unspecified atom stereocenters. The summed E-state index contributed by atoms with van der Waals surface area (Å²) in [6.45, 7) is 11.2. The van der Waals surface area contributed by atoms with Crippen molar-refractivity contribution >= 4 is 28.9 Å². The van der Waals surface area contributed by atoms with E-state index in [2.05, 4.69) is 74.4 Å². The van der Waals surface area contributed by atoms with Gasteiger partial charge >= 0.3 is 0 Å². The zero-order valence-electron chi connectivity index (χ0n) is 31.8. The van der Waals surface area contributed by atoms with Crippen LogP contribution < -0.4 is 40.8 Å². The number of hydrogen-bond donors (Lipinski definition) is 2. The van der Waals surface area contributed by atoms with Gasteiger partial charge in [0.05, 0.1) is 40.2 Å². The number of carbonyl (C=O) groups is 1. The Morgan fingerprint density at radius 3 is 1.69 bits per heavy atom. The summed E-state index contributed by atoms with van der Waals surface area (Å²) in [6, 6.07) is 34.6. The zero-order valence-corrected chi connectivity index (χ0v) is 32.7. The first kappa shape index (κ1) is 38.5. The normalized spacial score (nSPS) is 16.6. The second-order valence-electron chi connectivity index (χ2n) is 14.5. The Morgan fingerprint density at radius 2 is 1.25 bits per heavy atom. The van der Waals surface area contributed by atoms with Crippen LogP contribution in [0.4, 0.5) is 0 Å². The van der Waals surface area contributed by atoms with Crippen molar-refractivity contribution in [2.24, 2.45) is 10.2 Å². The van der Waals surface area contributed by atoms with Crippen molar-refractivity contribution in [3.63, 3.8) is 0 Å². The van der Waals surface area contributed by atoms with Gasteiger partial charge in [0, 0.05) is 35.5 Å². The molecule has 4 aromatic rings. The van der Waals surface area contributed by atoms with Crippen LogP contribution in [-0.4, -0.2) is 57.3 Å². The van der Waals surface area contributed by atoms with Gasteiger partial charge in [-0.1, -0.05) is 70.5 Å². The van der Waals surface area contributed by atoms with E-state index in [0.29, 0.717) is 12.4 Å².